The fourth-order valence-electron chi connectivity index (χ4n) is 1.74. The summed E-state index contributed by atoms with van der Waals surface area (Å²) >= 11 is 0. The van der Waals surface area contributed by atoms with E-state index in [4.69, 9.17) is 9.84 Å². The Bertz CT molecular complexity index is 435. The topological polar surface area (TPSA) is 46.5 Å². The molecule has 0 amide bonds. The Kier molecular flexibility index (Phi) is 6.72. The van der Waals surface area contributed by atoms with Gasteiger partial charge in [-0.15, -0.1) is 0 Å². The number of unbranched alkanes of at least 4 members (excludes halogenated alkanes) is 3. The minimum Gasteiger partial charge on any atom is -0.493 e. The zero-order valence-corrected chi connectivity index (χ0v) is 11.7. The molecular formula is C16H22O3. The Morgan fingerprint density at radius 3 is 2.68 bits per heavy atom. The molecule has 1 rings (SSSR count). The molecule has 0 aliphatic heterocycles. The van der Waals surface area contributed by atoms with E-state index in [1.807, 2.05) is 24.3 Å². The molecular weight excluding hydrogens is 240 g/mol. The number of carbonyl (C=O) groups is 1. The summed E-state index contributed by atoms with van der Waals surface area (Å²) in [6.45, 7) is 4.44. The molecule has 0 unspecified atom stereocenters. The van der Waals surface area contributed by atoms with E-state index in [2.05, 4.69) is 6.92 Å². The fraction of sp³-hybridized carbons (Fsp3) is 0.438. The third-order valence-electron chi connectivity index (χ3n) is 2.88. The van der Waals surface area contributed by atoms with Crippen molar-refractivity contribution < 1.29 is 14.6 Å². The number of benzene rings is 1. The Morgan fingerprint density at radius 1 is 1.26 bits per heavy atom. The van der Waals surface area contributed by atoms with Crippen molar-refractivity contribution in [2.24, 2.45) is 0 Å². The Morgan fingerprint density at radius 2 is 2.00 bits per heavy atom. The highest BCUT2D eigenvalue weighted by molar-refractivity contribution is 5.91. The van der Waals surface area contributed by atoms with Gasteiger partial charge in [0.15, 0.2) is 0 Å². The van der Waals surface area contributed by atoms with Crippen molar-refractivity contribution in [2.45, 2.75) is 39.5 Å². The summed E-state index contributed by atoms with van der Waals surface area (Å²) in [6.07, 6.45) is 6.27. The van der Waals surface area contributed by atoms with E-state index in [9.17, 15) is 4.79 Å². The van der Waals surface area contributed by atoms with Crippen LogP contribution in [0.4, 0.5) is 0 Å². The highest BCUT2D eigenvalue weighted by atomic mass is 16.5. The average Bonchev–Trinajstić information content (AvgIpc) is 2.40. The predicted octanol–water partition coefficient (Wildman–Crippen LogP) is 4.13. The molecule has 1 aromatic rings. The van der Waals surface area contributed by atoms with Gasteiger partial charge in [0.1, 0.15) is 5.75 Å². The number of carboxylic acids is 1. The van der Waals surface area contributed by atoms with Crippen LogP contribution in [0, 0.1) is 0 Å². The number of rotatable bonds is 8. The molecule has 0 bridgehead atoms. The monoisotopic (exact) mass is 262 g/mol. The minimum absolute atomic E-state index is 0.307. The van der Waals surface area contributed by atoms with Gasteiger partial charge in [0, 0.05) is 11.1 Å². The molecule has 1 aromatic carbocycles. The van der Waals surface area contributed by atoms with Crippen molar-refractivity contribution in [3.8, 4) is 5.75 Å². The van der Waals surface area contributed by atoms with Gasteiger partial charge in [-0.3, -0.25) is 0 Å². The second-order valence-electron chi connectivity index (χ2n) is 4.58. The van der Waals surface area contributed by atoms with Crippen molar-refractivity contribution in [1.29, 1.82) is 0 Å². The Hall–Kier alpha value is -1.77. The largest absolute Gasteiger partial charge is 0.493 e. The van der Waals surface area contributed by atoms with Gasteiger partial charge in [0.05, 0.1) is 6.61 Å². The maximum Gasteiger partial charge on any atom is 0.331 e. The Balaban J connectivity index is 2.63. The molecule has 0 saturated carbocycles. The predicted molar refractivity (Wildman–Crippen MR) is 77.4 cm³/mol. The first-order valence-electron chi connectivity index (χ1n) is 6.78. The first-order valence-corrected chi connectivity index (χ1v) is 6.78. The summed E-state index contributed by atoms with van der Waals surface area (Å²) in [5.41, 5.74) is 1.12. The van der Waals surface area contributed by atoms with Crippen LogP contribution in [0.3, 0.4) is 0 Å². The smallest absolute Gasteiger partial charge is 0.331 e. The van der Waals surface area contributed by atoms with Crippen LogP contribution in [-0.4, -0.2) is 17.7 Å². The lowest BCUT2D eigenvalue weighted by Gasteiger charge is -2.09. The van der Waals surface area contributed by atoms with Crippen molar-refractivity contribution in [3.63, 3.8) is 0 Å². The number of carboxylic acid groups (broad SMARTS) is 1. The standard InChI is InChI=1S/C16H22O3/c1-3-4-5-8-11-19-15-10-7-6-9-14(15)12-13(2)16(17)18/h6-7,9-10,12H,3-5,8,11H2,1-2H3,(H,17,18)/b13-12+. The molecule has 1 N–H and O–H groups in total. The first-order chi connectivity index (χ1) is 9.15. The van der Waals surface area contributed by atoms with Crippen LogP contribution in [-0.2, 0) is 4.79 Å². The molecule has 0 radical (unpaired) electrons. The van der Waals surface area contributed by atoms with E-state index in [-0.39, 0.29) is 0 Å². The third-order valence-corrected chi connectivity index (χ3v) is 2.88. The second kappa shape index (κ2) is 8.35. The fourth-order valence-corrected chi connectivity index (χ4v) is 1.74. The molecule has 0 saturated heterocycles. The van der Waals surface area contributed by atoms with E-state index in [0.717, 1.165) is 17.7 Å². The van der Waals surface area contributed by atoms with Crippen molar-refractivity contribution >= 4 is 12.0 Å². The molecule has 0 atom stereocenters. The van der Waals surface area contributed by atoms with E-state index in [1.165, 1.54) is 19.3 Å². The highest BCUT2D eigenvalue weighted by Gasteiger charge is 2.04. The number of hydrogen-bond acceptors (Lipinski definition) is 2. The molecule has 3 nitrogen and oxygen atoms in total. The highest BCUT2D eigenvalue weighted by Crippen LogP contribution is 2.21. The molecule has 104 valence electrons. The third kappa shape index (κ3) is 5.60. The van der Waals surface area contributed by atoms with Crippen LogP contribution in [0.2, 0.25) is 0 Å². The van der Waals surface area contributed by atoms with E-state index in [1.54, 1.807) is 13.0 Å². The maximum atomic E-state index is 10.8. The summed E-state index contributed by atoms with van der Waals surface area (Å²) in [5.74, 6) is -0.155. The van der Waals surface area contributed by atoms with Crippen LogP contribution in [0.1, 0.15) is 45.1 Å². The SMILES string of the molecule is CCCCCCOc1ccccc1/C=C(\C)C(=O)O. The quantitative estimate of drug-likeness (QED) is 0.566. The van der Waals surface area contributed by atoms with Crippen LogP contribution in [0.5, 0.6) is 5.75 Å². The van der Waals surface area contributed by atoms with E-state index < -0.39 is 5.97 Å². The van der Waals surface area contributed by atoms with Gasteiger partial charge < -0.3 is 9.84 Å². The van der Waals surface area contributed by atoms with Crippen LogP contribution < -0.4 is 4.74 Å². The summed E-state index contributed by atoms with van der Waals surface area (Å²) in [5, 5.41) is 8.90. The summed E-state index contributed by atoms with van der Waals surface area (Å²) in [7, 11) is 0. The number of hydrogen-bond donors (Lipinski definition) is 1. The molecule has 0 aliphatic carbocycles. The van der Waals surface area contributed by atoms with E-state index >= 15 is 0 Å². The summed E-state index contributed by atoms with van der Waals surface area (Å²) in [4.78, 5) is 10.8. The van der Waals surface area contributed by atoms with Crippen molar-refractivity contribution in [1.82, 2.24) is 0 Å². The normalized spacial score (nSPS) is 11.4. The van der Waals surface area contributed by atoms with Crippen molar-refractivity contribution in [3.05, 3.63) is 35.4 Å². The first kappa shape index (κ1) is 15.3. The number of ether oxygens (including phenoxy) is 1. The van der Waals surface area contributed by atoms with Gasteiger partial charge in [0.25, 0.3) is 0 Å². The second-order valence-corrected chi connectivity index (χ2v) is 4.58. The lowest BCUT2D eigenvalue weighted by Crippen LogP contribution is -2.00. The molecule has 0 fully saturated rings. The van der Waals surface area contributed by atoms with Crippen LogP contribution in [0.15, 0.2) is 29.8 Å². The van der Waals surface area contributed by atoms with Gasteiger partial charge in [-0.25, -0.2) is 4.79 Å². The zero-order chi connectivity index (χ0) is 14.1. The lowest BCUT2D eigenvalue weighted by molar-refractivity contribution is -0.132. The van der Waals surface area contributed by atoms with Crippen LogP contribution in [0.25, 0.3) is 6.08 Å². The molecule has 0 aliphatic rings. The summed E-state index contributed by atoms with van der Waals surface area (Å²) in [6, 6.07) is 7.52. The van der Waals surface area contributed by atoms with Gasteiger partial charge in [-0.05, 0) is 25.5 Å². The van der Waals surface area contributed by atoms with Gasteiger partial charge in [0.2, 0.25) is 0 Å². The zero-order valence-electron chi connectivity index (χ0n) is 11.7. The van der Waals surface area contributed by atoms with Gasteiger partial charge in [-0.1, -0.05) is 44.4 Å². The number of para-hydroxylation sites is 1. The molecule has 0 heterocycles. The van der Waals surface area contributed by atoms with Gasteiger partial charge in [-0.2, -0.15) is 0 Å². The minimum atomic E-state index is -0.905. The van der Waals surface area contributed by atoms with E-state index in [0.29, 0.717) is 12.2 Å². The van der Waals surface area contributed by atoms with Gasteiger partial charge >= 0.3 is 5.97 Å². The Labute approximate surface area is 114 Å². The average molecular weight is 262 g/mol. The lowest BCUT2D eigenvalue weighted by atomic mass is 10.1. The maximum absolute atomic E-state index is 10.8. The number of aliphatic carboxylic acids is 1. The molecule has 0 aromatic heterocycles. The van der Waals surface area contributed by atoms with Crippen molar-refractivity contribution in [2.75, 3.05) is 6.61 Å². The van der Waals surface area contributed by atoms with Crippen LogP contribution >= 0.6 is 0 Å². The molecule has 19 heavy (non-hydrogen) atoms. The molecule has 0 spiro atoms. The summed E-state index contributed by atoms with van der Waals surface area (Å²) < 4.78 is 5.73. The molecule has 3 heteroatoms.